The number of amides is 1. The summed E-state index contributed by atoms with van der Waals surface area (Å²) in [6.45, 7) is 26.0. The van der Waals surface area contributed by atoms with E-state index in [2.05, 4.69) is 85.1 Å². The number of likely N-dealkylation sites (N-methyl/N-ethyl adjacent to an activating group) is 1. The van der Waals surface area contributed by atoms with Gasteiger partial charge < -0.3 is 24.8 Å². The minimum Gasteiger partial charge on any atom is -0.459 e. The Labute approximate surface area is 418 Å². The van der Waals surface area contributed by atoms with Crippen molar-refractivity contribution in [3.63, 3.8) is 0 Å². The number of nitrogens with zero attached hydrogens (tertiary/aromatic N) is 9. The summed E-state index contributed by atoms with van der Waals surface area (Å²) in [7, 11) is 6.94. The van der Waals surface area contributed by atoms with Crippen molar-refractivity contribution >= 4 is 11.9 Å². The van der Waals surface area contributed by atoms with Crippen LogP contribution >= 0.6 is 0 Å². The second-order valence-corrected chi connectivity index (χ2v) is 18.2. The van der Waals surface area contributed by atoms with Crippen LogP contribution in [-0.2, 0) is 28.4 Å². The zero-order valence-electron chi connectivity index (χ0n) is 45.4. The van der Waals surface area contributed by atoms with E-state index in [1.807, 2.05) is 57.6 Å². The third-order valence-corrected chi connectivity index (χ3v) is 10.9. The molecule has 0 spiro atoms. The summed E-state index contributed by atoms with van der Waals surface area (Å²) < 4.78 is 11.2. The van der Waals surface area contributed by atoms with E-state index >= 15 is 0 Å². The number of nitrogens with one attached hydrogen (secondary N) is 1. The monoisotopic (exact) mass is 977 g/mol. The van der Waals surface area contributed by atoms with Crippen LogP contribution in [0.5, 0.6) is 0 Å². The van der Waals surface area contributed by atoms with E-state index in [9.17, 15) is 24.3 Å². The molecule has 5 heterocycles. The molecule has 392 valence electrons. The summed E-state index contributed by atoms with van der Waals surface area (Å²) in [5.74, 6) is 1.48. The summed E-state index contributed by atoms with van der Waals surface area (Å²) in [6.07, 6.45) is 17.3. The van der Waals surface area contributed by atoms with E-state index in [1.165, 1.54) is 36.8 Å². The third kappa shape index (κ3) is 25.2. The molecule has 6 atom stereocenters. The number of carbonyl (C=O) groups excluding carboxylic acids is 2. The average Bonchev–Trinajstić information content (AvgIpc) is 3.84. The number of aliphatic hydroxyl groups is 2. The van der Waals surface area contributed by atoms with Crippen molar-refractivity contribution in [2.45, 2.75) is 170 Å². The Kier molecular flexibility index (Phi) is 32.4. The Morgan fingerprint density at radius 1 is 0.657 bits per heavy atom. The van der Waals surface area contributed by atoms with Crippen LogP contribution in [-0.4, -0.2) is 110 Å². The van der Waals surface area contributed by atoms with E-state index < -0.39 is 18.3 Å². The summed E-state index contributed by atoms with van der Waals surface area (Å²) in [4.78, 5) is 59.6. The van der Waals surface area contributed by atoms with Crippen molar-refractivity contribution in [2.24, 2.45) is 14.1 Å². The van der Waals surface area contributed by atoms with Crippen LogP contribution in [0.4, 0.5) is 0 Å². The van der Waals surface area contributed by atoms with Gasteiger partial charge in [0.25, 0.3) is 0 Å². The lowest BCUT2D eigenvalue weighted by Gasteiger charge is -2.23. The standard InChI is InChI=1S/C12H22N4O3.C9H16N2O2.C8H17NO2.3C8H11N/c1-6-10(16-12(18)15(5)8-13-16)9(2)19-11(17)7-14(3)4;1-4-8(7(2)12)11-6-5-10(3)9(11)13;1-4-7(6(3)10)9-8(11)5-2;3*1-7(2)8-4-3-5-9-6-8/h8-10H,6-7H2,1-5H3;5-8,12H,4H2,1-3H3;6-7,10H,4-5H2,1-3H3,(H,9,11);3*3-7H,1-2H3/t9-,10-;7-,8+;6-,7-;;;/m010.../s1. The Morgan fingerprint density at radius 2 is 1.11 bits per heavy atom. The number of esters is 1. The van der Waals surface area contributed by atoms with Gasteiger partial charge in [-0.05, 0) is 107 Å². The molecule has 1 amide bonds. The quantitative estimate of drug-likeness (QED) is 0.0810. The predicted molar refractivity (Wildman–Crippen MR) is 281 cm³/mol. The maximum atomic E-state index is 11.9. The van der Waals surface area contributed by atoms with E-state index in [4.69, 9.17) is 9.84 Å². The number of hydrogen-bond acceptors (Lipinski definition) is 12. The molecule has 0 radical (unpaired) electrons. The van der Waals surface area contributed by atoms with Gasteiger partial charge in [0.15, 0.2) is 0 Å². The summed E-state index contributed by atoms with van der Waals surface area (Å²) in [6, 6.07) is 11.7. The second kappa shape index (κ2) is 35.3. The molecular formula is C53H88N10O7. The average molecular weight is 977 g/mol. The van der Waals surface area contributed by atoms with Gasteiger partial charge in [-0.25, -0.2) is 14.3 Å². The maximum absolute atomic E-state index is 11.9. The van der Waals surface area contributed by atoms with E-state index in [0.29, 0.717) is 30.6 Å². The Morgan fingerprint density at radius 3 is 1.37 bits per heavy atom. The SMILES string of the molecule is CC(C)c1cccnc1.CC(C)c1cccnc1.CC(C)c1cccnc1.CCC(=O)N[C@@H](CC)[C@H](C)O.CC[C@@H]([C@@H](C)O)n1ccn(C)c1=O.CC[C@@H]([C@H](C)OC(=O)CN(C)C)n1ncn(C)c1=O. The zero-order valence-corrected chi connectivity index (χ0v) is 45.4. The van der Waals surface area contributed by atoms with E-state index in [0.717, 1.165) is 12.8 Å². The molecule has 0 unspecified atom stereocenters. The van der Waals surface area contributed by atoms with Crippen LogP contribution in [0, 0.1) is 0 Å². The van der Waals surface area contributed by atoms with Crippen LogP contribution in [0.15, 0.2) is 102 Å². The number of hydrogen-bond donors (Lipinski definition) is 3. The van der Waals surface area contributed by atoms with Crippen molar-refractivity contribution in [1.82, 2.24) is 48.7 Å². The predicted octanol–water partition coefficient (Wildman–Crippen LogP) is 7.83. The number of aryl methyl sites for hydroxylation is 2. The number of imidazole rings is 1. The van der Waals surface area contributed by atoms with Crippen molar-refractivity contribution < 1.29 is 24.5 Å². The van der Waals surface area contributed by atoms with E-state index in [1.54, 1.807) is 96.3 Å². The summed E-state index contributed by atoms with van der Waals surface area (Å²) >= 11 is 0. The largest absolute Gasteiger partial charge is 0.459 e. The number of pyridine rings is 3. The van der Waals surface area contributed by atoms with Gasteiger partial charge in [-0.3, -0.25) is 38.6 Å². The molecule has 0 fully saturated rings. The minimum atomic E-state index is -0.495. The van der Waals surface area contributed by atoms with Gasteiger partial charge in [0.1, 0.15) is 12.4 Å². The molecular weight excluding hydrogens is 889 g/mol. The third-order valence-electron chi connectivity index (χ3n) is 10.9. The lowest BCUT2D eigenvalue weighted by molar-refractivity contribution is -0.151. The number of ether oxygens (including phenoxy) is 1. The zero-order chi connectivity index (χ0) is 53.5. The molecule has 17 nitrogen and oxygen atoms in total. The second-order valence-electron chi connectivity index (χ2n) is 18.2. The first-order chi connectivity index (χ1) is 33.0. The number of aliphatic hydroxyl groups excluding tert-OH is 2. The Balaban J connectivity index is 0.000000837. The fourth-order valence-electron chi connectivity index (χ4n) is 6.44. The van der Waals surface area contributed by atoms with Gasteiger partial charge in [-0.1, -0.05) is 87.4 Å². The maximum Gasteiger partial charge on any atom is 0.345 e. The van der Waals surface area contributed by atoms with Crippen molar-refractivity contribution in [1.29, 1.82) is 0 Å². The van der Waals surface area contributed by atoms with Crippen LogP contribution in [0.1, 0.15) is 162 Å². The van der Waals surface area contributed by atoms with Crippen LogP contribution in [0.2, 0.25) is 0 Å². The van der Waals surface area contributed by atoms with Crippen LogP contribution in [0.25, 0.3) is 0 Å². The molecule has 0 aliphatic rings. The van der Waals surface area contributed by atoms with Gasteiger partial charge in [-0.2, -0.15) is 5.10 Å². The molecule has 0 aliphatic carbocycles. The lowest BCUT2D eigenvalue weighted by Crippen LogP contribution is -2.41. The van der Waals surface area contributed by atoms with Crippen molar-refractivity contribution in [2.75, 3.05) is 20.6 Å². The van der Waals surface area contributed by atoms with Gasteiger partial charge in [0.05, 0.1) is 36.9 Å². The molecule has 0 aromatic carbocycles. The highest BCUT2D eigenvalue weighted by Gasteiger charge is 2.24. The Hall–Kier alpha value is -5.78. The van der Waals surface area contributed by atoms with Gasteiger partial charge in [0.2, 0.25) is 5.91 Å². The first-order valence-electron chi connectivity index (χ1n) is 24.5. The van der Waals surface area contributed by atoms with Gasteiger partial charge in [-0.15, -0.1) is 0 Å². The minimum absolute atomic E-state index is 0.00208. The highest BCUT2D eigenvalue weighted by molar-refractivity contribution is 5.75. The van der Waals surface area contributed by atoms with Gasteiger partial charge >= 0.3 is 17.3 Å². The summed E-state index contributed by atoms with van der Waals surface area (Å²) in [5.41, 5.74) is 3.63. The molecule has 0 saturated heterocycles. The fourth-order valence-corrected chi connectivity index (χ4v) is 6.44. The van der Waals surface area contributed by atoms with Crippen molar-refractivity contribution in [3.8, 4) is 0 Å². The number of aromatic nitrogens is 8. The highest BCUT2D eigenvalue weighted by Crippen LogP contribution is 2.17. The molecule has 70 heavy (non-hydrogen) atoms. The smallest absolute Gasteiger partial charge is 0.345 e. The normalized spacial score (nSPS) is 13.2. The molecule has 3 N–H and O–H groups in total. The first kappa shape index (κ1) is 64.2. The number of carbonyl (C=O) groups is 2. The molecule has 5 aromatic rings. The number of rotatable bonds is 16. The van der Waals surface area contributed by atoms with Crippen molar-refractivity contribution in [3.05, 3.63) is 130 Å². The van der Waals surface area contributed by atoms with Gasteiger partial charge in [0, 0.05) is 70.1 Å². The summed E-state index contributed by atoms with van der Waals surface area (Å²) in [5, 5.41) is 25.3. The first-order valence-corrected chi connectivity index (χ1v) is 24.5. The molecule has 0 aliphatic heterocycles. The lowest BCUT2D eigenvalue weighted by atomic mass is 10.1. The van der Waals surface area contributed by atoms with Crippen LogP contribution < -0.4 is 16.7 Å². The topological polar surface area (TPSA) is 205 Å². The molecule has 17 heteroatoms. The van der Waals surface area contributed by atoms with Crippen LogP contribution in [0.3, 0.4) is 0 Å². The highest BCUT2D eigenvalue weighted by atomic mass is 16.5. The molecule has 0 bridgehead atoms. The van der Waals surface area contributed by atoms with E-state index in [-0.39, 0.29) is 47.9 Å². The fraction of sp³-hybridized carbons (Fsp3) is 0.585. The molecule has 0 saturated carbocycles. The molecule has 5 aromatic heterocycles. The molecule has 5 rings (SSSR count). The Bertz CT molecular complexity index is 2120.